The van der Waals surface area contributed by atoms with Gasteiger partial charge in [-0.25, -0.2) is 4.39 Å². The van der Waals surface area contributed by atoms with E-state index in [0.29, 0.717) is 12.3 Å². The Kier molecular flexibility index (Phi) is 3.19. The van der Waals surface area contributed by atoms with Crippen molar-refractivity contribution in [2.24, 2.45) is 5.92 Å². The maximum absolute atomic E-state index is 12.7. The van der Waals surface area contributed by atoms with Crippen LogP contribution in [0.25, 0.3) is 0 Å². The summed E-state index contributed by atoms with van der Waals surface area (Å²) in [5.41, 5.74) is 0.735. The van der Waals surface area contributed by atoms with Crippen LogP contribution in [0.15, 0.2) is 24.3 Å². The summed E-state index contributed by atoms with van der Waals surface area (Å²) in [6, 6.07) is 5.96. The Bertz CT molecular complexity index is 373. The van der Waals surface area contributed by atoms with E-state index in [4.69, 9.17) is 0 Å². The van der Waals surface area contributed by atoms with E-state index >= 15 is 0 Å². The molecule has 2 rings (SSSR count). The maximum Gasteiger partial charge on any atom is 0.227 e. The quantitative estimate of drug-likeness (QED) is 0.838. The molecule has 1 aliphatic rings. The molecule has 0 aliphatic carbocycles. The zero-order valence-electron chi connectivity index (χ0n) is 9.24. The van der Waals surface area contributed by atoms with Gasteiger partial charge >= 0.3 is 0 Å². The van der Waals surface area contributed by atoms with Crippen LogP contribution in [0.1, 0.15) is 6.42 Å². The van der Waals surface area contributed by atoms with Gasteiger partial charge in [0.1, 0.15) is 5.82 Å². The van der Waals surface area contributed by atoms with Gasteiger partial charge in [0.25, 0.3) is 0 Å². The van der Waals surface area contributed by atoms with Gasteiger partial charge in [-0.3, -0.25) is 4.79 Å². The molecule has 1 amide bonds. The predicted octanol–water partition coefficient (Wildman–Crippen LogP) is 1.40. The molecule has 1 saturated heterocycles. The molecule has 0 unspecified atom stereocenters. The molecule has 1 aromatic carbocycles. The van der Waals surface area contributed by atoms with Gasteiger partial charge in [0.2, 0.25) is 5.91 Å². The van der Waals surface area contributed by atoms with Crippen LogP contribution < -0.4 is 10.2 Å². The molecule has 1 aliphatic heterocycles. The van der Waals surface area contributed by atoms with Crippen LogP contribution in [-0.4, -0.2) is 26.0 Å². The number of carbonyl (C=O) groups excluding carboxylic acids is 1. The number of hydrogen-bond donors (Lipinski definition) is 1. The SMILES string of the molecule is CN(C(=O)CC1CNC1)c1ccc(F)cc1. The molecular weight excluding hydrogens is 207 g/mol. The molecule has 1 N–H and O–H groups in total. The number of rotatable bonds is 3. The van der Waals surface area contributed by atoms with Gasteiger partial charge in [-0.15, -0.1) is 0 Å². The lowest BCUT2D eigenvalue weighted by atomic mass is 9.99. The summed E-state index contributed by atoms with van der Waals surface area (Å²) < 4.78 is 12.7. The van der Waals surface area contributed by atoms with Gasteiger partial charge in [0, 0.05) is 19.2 Å². The molecular formula is C12H15FN2O. The average molecular weight is 222 g/mol. The van der Waals surface area contributed by atoms with Gasteiger partial charge in [0.15, 0.2) is 0 Å². The average Bonchev–Trinajstić information content (AvgIpc) is 2.23. The Hall–Kier alpha value is -1.42. The highest BCUT2D eigenvalue weighted by Gasteiger charge is 2.22. The minimum Gasteiger partial charge on any atom is -0.316 e. The molecule has 3 nitrogen and oxygen atoms in total. The molecule has 0 atom stereocenters. The smallest absolute Gasteiger partial charge is 0.227 e. The predicted molar refractivity (Wildman–Crippen MR) is 60.8 cm³/mol. The van der Waals surface area contributed by atoms with E-state index in [1.54, 1.807) is 24.1 Å². The van der Waals surface area contributed by atoms with Gasteiger partial charge in [0.05, 0.1) is 0 Å². The van der Waals surface area contributed by atoms with Crippen molar-refractivity contribution in [1.82, 2.24) is 5.32 Å². The highest BCUT2D eigenvalue weighted by Crippen LogP contribution is 2.17. The molecule has 1 aromatic rings. The van der Waals surface area contributed by atoms with Crippen molar-refractivity contribution < 1.29 is 9.18 Å². The van der Waals surface area contributed by atoms with Crippen molar-refractivity contribution in [2.45, 2.75) is 6.42 Å². The summed E-state index contributed by atoms with van der Waals surface area (Å²) in [5, 5.41) is 3.13. The van der Waals surface area contributed by atoms with E-state index in [1.165, 1.54) is 12.1 Å². The van der Waals surface area contributed by atoms with E-state index < -0.39 is 0 Å². The second-order valence-electron chi connectivity index (χ2n) is 4.16. The summed E-state index contributed by atoms with van der Waals surface area (Å²) in [7, 11) is 1.72. The number of benzene rings is 1. The van der Waals surface area contributed by atoms with E-state index in [2.05, 4.69) is 5.32 Å². The topological polar surface area (TPSA) is 32.3 Å². The largest absolute Gasteiger partial charge is 0.316 e. The number of nitrogens with zero attached hydrogens (tertiary/aromatic N) is 1. The standard InChI is InChI=1S/C12H15FN2O/c1-15(11-4-2-10(13)3-5-11)12(16)6-9-7-14-8-9/h2-5,9,14H,6-8H2,1H3. The third kappa shape index (κ3) is 2.39. The van der Waals surface area contributed by atoms with E-state index in [9.17, 15) is 9.18 Å². The van der Waals surface area contributed by atoms with Crippen LogP contribution in [-0.2, 0) is 4.79 Å². The normalized spacial score (nSPS) is 15.6. The second-order valence-corrected chi connectivity index (χ2v) is 4.16. The fraction of sp³-hybridized carbons (Fsp3) is 0.417. The lowest BCUT2D eigenvalue weighted by Crippen LogP contribution is -2.44. The Labute approximate surface area is 94.3 Å². The van der Waals surface area contributed by atoms with Crippen molar-refractivity contribution in [3.63, 3.8) is 0 Å². The number of anilines is 1. The van der Waals surface area contributed by atoms with Gasteiger partial charge < -0.3 is 10.2 Å². The summed E-state index contributed by atoms with van der Waals surface area (Å²) in [4.78, 5) is 13.4. The Morgan fingerprint density at radius 1 is 1.44 bits per heavy atom. The Morgan fingerprint density at radius 3 is 2.56 bits per heavy atom. The molecule has 4 heteroatoms. The van der Waals surface area contributed by atoms with Gasteiger partial charge in [-0.05, 0) is 43.3 Å². The third-order valence-electron chi connectivity index (χ3n) is 2.92. The monoisotopic (exact) mass is 222 g/mol. The number of carbonyl (C=O) groups is 1. The fourth-order valence-electron chi connectivity index (χ4n) is 1.69. The molecule has 1 heterocycles. The number of hydrogen-bond acceptors (Lipinski definition) is 2. The van der Waals surface area contributed by atoms with E-state index in [0.717, 1.165) is 18.8 Å². The molecule has 0 bridgehead atoms. The summed E-state index contributed by atoms with van der Waals surface area (Å²) in [6.45, 7) is 1.84. The molecule has 0 radical (unpaired) electrons. The molecule has 0 spiro atoms. The lowest BCUT2D eigenvalue weighted by Gasteiger charge is -2.28. The highest BCUT2D eigenvalue weighted by atomic mass is 19.1. The summed E-state index contributed by atoms with van der Waals surface area (Å²) in [6.07, 6.45) is 0.556. The Balaban J connectivity index is 1.97. The minimum absolute atomic E-state index is 0.0816. The fourth-order valence-corrected chi connectivity index (χ4v) is 1.69. The summed E-state index contributed by atoms with van der Waals surface area (Å²) in [5.74, 6) is 0.251. The van der Waals surface area contributed by atoms with Crippen molar-refractivity contribution in [3.8, 4) is 0 Å². The van der Waals surface area contributed by atoms with Gasteiger partial charge in [-0.1, -0.05) is 0 Å². The first-order valence-electron chi connectivity index (χ1n) is 5.39. The van der Waals surface area contributed by atoms with Crippen LogP contribution in [0, 0.1) is 11.7 Å². The van der Waals surface area contributed by atoms with Crippen molar-refractivity contribution in [1.29, 1.82) is 0 Å². The van der Waals surface area contributed by atoms with Crippen molar-refractivity contribution in [2.75, 3.05) is 25.0 Å². The molecule has 0 saturated carbocycles. The second kappa shape index (κ2) is 4.61. The zero-order valence-corrected chi connectivity index (χ0v) is 9.24. The maximum atomic E-state index is 12.7. The molecule has 16 heavy (non-hydrogen) atoms. The number of amides is 1. The molecule has 86 valence electrons. The Morgan fingerprint density at radius 2 is 2.06 bits per heavy atom. The van der Waals surface area contributed by atoms with Crippen molar-refractivity contribution in [3.05, 3.63) is 30.1 Å². The first-order valence-corrected chi connectivity index (χ1v) is 5.39. The number of nitrogens with one attached hydrogen (secondary N) is 1. The van der Waals surface area contributed by atoms with Crippen LogP contribution >= 0.6 is 0 Å². The van der Waals surface area contributed by atoms with Crippen LogP contribution in [0.2, 0.25) is 0 Å². The highest BCUT2D eigenvalue weighted by molar-refractivity contribution is 5.92. The van der Waals surface area contributed by atoms with Crippen molar-refractivity contribution >= 4 is 11.6 Å². The third-order valence-corrected chi connectivity index (χ3v) is 2.92. The van der Waals surface area contributed by atoms with Crippen LogP contribution in [0.4, 0.5) is 10.1 Å². The first-order chi connectivity index (χ1) is 7.66. The zero-order chi connectivity index (χ0) is 11.5. The first kappa shape index (κ1) is 11.1. The summed E-state index contributed by atoms with van der Waals surface area (Å²) >= 11 is 0. The number of halogens is 1. The molecule has 1 fully saturated rings. The van der Waals surface area contributed by atoms with E-state index in [1.807, 2.05) is 0 Å². The van der Waals surface area contributed by atoms with Gasteiger partial charge in [-0.2, -0.15) is 0 Å². The lowest BCUT2D eigenvalue weighted by molar-refractivity contribution is -0.119. The minimum atomic E-state index is -0.284. The van der Waals surface area contributed by atoms with E-state index in [-0.39, 0.29) is 11.7 Å². The van der Waals surface area contributed by atoms with Crippen LogP contribution in [0.3, 0.4) is 0 Å². The van der Waals surface area contributed by atoms with Crippen LogP contribution in [0.5, 0.6) is 0 Å². The molecule has 0 aromatic heterocycles.